The summed E-state index contributed by atoms with van der Waals surface area (Å²) in [5.74, 6) is 0. The van der Waals surface area contributed by atoms with E-state index in [1.807, 2.05) is 0 Å². The molecule has 0 amide bonds. The third-order valence-corrected chi connectivity index (χ3v) is 3.12. The van der Waals surface area contributed by atoms with Gasteiger partial charge in [0.15, 0.2) is 0 Å². The Bertz CT molecular complexity index is 342. The number of methoxy groups -OCH3 is 1. The lowest BCUT2D eigenvalue weighted by Crippen LogP contribution is -2.16. The van der Waals surface area contributed by atoms with Crippen molar-refractivity contribution in [1.82, 2.24) is 9.88 Å². The van der Waals surface area contributed by atoms with Crippen LogP contribution in [0.3, 0.4) is 0 Å². The second-order valence-electron chi connectivity index (χ2n) is 4.88. The Morgan fingerprint density at radius 3 is 2.59 bits per heavy atom. The summed E-state index contributed by atoms with van der Waals surface area (Å²) in [6, 6.07) is 2.83. The van der Waals surface area contributed by atoms with Crippen molar-refractivity contribution in [1.29, 1.82) is 0 Å². The van der Waals surface area contributed by atoms with E-state index in [9.17, 15) is 0 Å². The Morgan fingerprint density at radius 2 is 2.06 bits per heavy atom. The molecule has 0 aliphatic heterocycles. The van der Waals surface area contributed by atoms with Crippen molar-refractivity contribution in [3.05, 3.63) is 23.0 Å². The van der Waals surface area contributed by atoms with Gasteiger partial charge < -0.3 is 14.6 Å². The van der Waals surface area contributed by atoms with Crippen molar-refractivity contribution in [3.63, 3.8) is 0 Å². The van der Waals surface area contributed by atoms with Crippen molar-refractivity contribution in [2.24, 2.45) is 0 Å². The fourth-order valence-electron chi connectivity index (χ4n) is 2.38. The monoisotopic (exact) mass is 238 g/mol. The molecule has 0 atom stereocenters. The van der Waals surface area contributed by atoms with Gasteiger partial charge in [0, 0.05) is 37.7 Å². The molecular weight excluding hydrogens is 212 g/mol. The number of aromatic nitrogens is 1. The first-order valence-corrected chi connectivity index (χ1v) is 6.45. The zero-order valence-electron chi connectivity index (χ0n) is 11.8. The van der Waals surface area contributed by atoms with Crippen LogP contribution < -0.4 is 5.32 Å². The van der Waals surface area contributed by atoms with Gasteiger partial charge in [0.1, 0.15) is 0 Å². The fraction of sp³-hybridized carbons (Fsp3) is 0.714. The van der Waals surface area contributed by atoms with Crippen LogP contribution in [0.15, 0.2) is 6.07 Å². The van der Waals surface area contributed by atoms with Crippen LogP contribution in [0.5, 0.6) is 0 Å². The van der Waals surface area contributed by atoms with Crippen molar-refractivity contribution < 1.29 is 4.74 Å². The molecule has 0 saturated carbocycles. The predicted octanol–water partition coefficient (Wildman–Crippen LogP) is 2.81. The molecule has 17 heavy (non-hydrogen) atoms. The molecule has 0 unspecified atom stereocenters. The average Bonchev–Trinajstić information content (AvgIpc) is 2.53. The number of aryl methyl sites for hydroxylation is 1. The van der Waals surface area contributed by atoms with Gasteiger partial charge in [0.25, 0.3) is 0 Å². The summed E-state index contributed by atoms with van der Waals surface area (Å²) in [6.07, 6.45) is 1.07. The SMILES string of the molecule is COCCCNCc1cc(C)n(C(C)C)c1C. The Balaban J connectivity index is 2.52. The van der Waals surface area contributed by atoms with Gasteiger partial charge >= 0.3 is 0 Å². The Hall–Kier alpha value is -0.800. The Kier molecular flexibility index (Phi) is 5.72. The van der Waals surface area contributed by atoms with Crippen molar-refractivity contribution in [2.75, 3.05) is 20.3 Å². The summed E-state index contributed by atoms with van der Waals surface area (Å²) < 4.78 is 7.42. The van der Waals surface area contributed by atoms with Gasteiger partial charge in [-0.15, -0.1) is 0 Å². The number of ether oxygens (including phenoxy) is 1. The third-order valence-electron chi connectivity index (χ3n) is 3.12. The Labute approximate surface area is 105 Å². The van der Waals surface area contributed by atoms with Gasteiger partial charge in [-0.1, -0.05) is 0 Å². The molecule has 0 fully saturated rings. The molecule has 0 aromatic carbocycles. The first kappa shape index (κ1) is 14.3. The summed E-state index contributed by atoms with van der Waals surface area (Å²) in [6.45, 7) is 11.7. The van der Waals surface area contributed by atoms with E-state index in [4.69, 9.17) is 4.74 Å². The molecule has 98 valence electrons. The van der Waals surface area contributed by atoms with Crippen LogP contribution in [0.1, 0.15) is 43.3 Å². The lowest BCUT2D eigenvalue weighted by atomic mass is 10.2. The highest BCUT2D eigenvalue weighted by Gasteiger charge is 2.10. The number of nitrogens with one attached hydrogen (secondary N) is 1. The number of rotatable bonds is 7. The Morgan fingerprint density at radius 1 is 1.35 bits per heavy atom. The van der Waals surface area contributed by atoms with E-state index < -0.39 is 0 Å². The highest BCUT2D eigenvalue weighted by molar-refractivity contribution is 5.27. The second kappa shape index (κ2) is 6.82. The van der Waals surface area contributed by atoms with Gasteiger partial charge in [0.05, 0.1) is 0 Å². The molecule has 3 nitrogen and oxygen atoms in total. The lowest BCUT2D eigenvalue weighted by Gasteiger charge is -2.14. The highest BCUT2D eigenvalue weighted by Crippen LogP contribution is 2.19. The van der Waals surface area contributed by atoms with Gasteiger partial charge in [-0.05, 0) is 52.3 Å². The number of nitrogens with zero attached hydrogens (tertiary/aromatic N) is 1. The molecule has 1 rings (SSSR count). The van der Waals surface area contributed by atoms with E-state index in [1.54, 1.807) is 7.11 Å². The zero-order valence-corrected chi connectivity index (χ0v) is 11.8. The average molecular weight is 238 g/mol. The molecule has 1 N–H and O–H groups in total. The molecule has 1 aromatic rings. The summed E-state index contributed by atoms with van der Waals surface area (Å²) in [5, 5.41) is 3.46. The maximum atomic E-state index is 5.03. The maximum Gasteiger partial charge on any atom is 0.0474 e. The lowest BCUT2D eigenvalue weighted by molar-refractivity contribution is 0.194. The van der Waals surface area contributed by atoms with Gasteiger partial charge in [0.2, 0.25) is 0 Å². The minimum Gasteiger partial charge on any atom is -0.385 e. The topological polar surface area (TPSA) is 26.2 Å². The first-order chi connectivity index (χ1) is 8.07. The third kappa shape index (κ3) is 3.86. The van der Waals surface area contributed by atoms with Crippen LogP contribution >= 0.6 is 0 Å². The number of hydrogen-bond donors (Lipinski definition) is 1. The van der Waals surface area contributed by atoms with E-state index in [2.05, 4.69) is 43.6 Å². The molecular formula is C14H26N2O. The molecule has 0 spiro atoms. The summed E-state index contributed by atoms with van der Waals surface area (Å²) in [5.41, 5.74) is 4.15. The maximum absolute atomic E-state index is 5.03. The van der Waals surface area contributed by atoms with E-state index in [0.717, 1.165) is 26.1 Å². The number of hydrogen-bond acceptors (Lipinski definition) is 2. The van der Waals surface area contributed by atoms with E-state index in [1.165, 1.54) is 17.0 Å². The minimum absolute atomic E-state index is 0.539. The molecule has 0 bridgehead atoms. The zero-order chi connectivity index (χ0) is 12.8. The van der Waals surface area contributed by atoms with E-state index in [-0.39, 0.29) is 0 Å². The van der Waals surface area contributed by atoms with Gasteiger partial charge in [-0.25, -0.2) is 0 Å². The summed E-state index contributed by atoms with van der Waals surface area (Å²) in [4.78, 5) is 0. The second-order valence-corrected chi connectivity index (χ2v) is 4.88. The van der Waals surface area contributed by atoms with Gasteiger partial charge in [-0.2, -0.15) is 0 Å². The van der Waals surface area contributed by atoms with Crippen LogP contribution in [0.2, 0.25) is 0 Å². The molecule has 0 radical (unpaired) electrons. The van der Waals surface area contributed by atoms with E-state index in [0.29, 0.717) is 6.04 Å². The van der Waals surface area contributed by atoms with Crippen molar-refractivity contribution in [3.8, 4) is 0 Å². The smallest absolute Gasteiger partial charge is 0.0474 e. The molecule has 1 heterocycles. The molecule has 1 aromatic heterocycles. The van der Waals surface area contributed by atoms with Crippen LogP contribution in [-0.4, -0.2) is 24.8 Å². The summed E-state index contributed by atoms with van der Waals surface area (Å²) in [7, 11) is 1.75. The summed E-state index contributed by atoms with van der Waals surface area (Å²) >= 11 is 0. The molecule has 0 aliphatic carbocycles. The van der Waals surface area contributed by atoms with Crippen molar-refractivity contribution in [2.45, 2.75) is 46.7 Å². The molecule has 0 aliphatic rings. The van der Waals surface area contributed by atoms with Crippen LogP contribution in [0.25, 0.3) is 0 Å². The standard InChI is InChI=1S/C14H26N2O/c1-11(2)16-12(3)9-14(13(16)4)10-15-7-6-8-17-5/h9,11,15H,6-8,10H2,1-5H3. The largest absolute Gasteiger partial charge is 0.385 e. The molecule has 0 saturated heterocycles. The minimum atomic E-state index is 0.539. The quantitative estimate of drug-likeness (QED) is 0.739. The van der Waals surface area contributed by atoms with Crippen molar-refractivity contribution >= 4 is 0 Å². The normalized spacial score (nSPS) is 11.4. The highest BCUT2D eigenvalue weighted by atomic mass is 16.5. The molecule has 3 heteroatoms. The van der Waals surface area contributed by atoms with Crippen LogP contribution in [0, 0.1) is 13.8 Å². The van der Waals surface area contributed by atoms with Gasteiger partial charge in [-0.3, -0.25) is 0 Å². The van der Waals surface area contributed by atoms with Crippen LogP contribution in [0.4, 0.5) is 0 Å². The first-order valence-electron chi connectivity index (χ1n) is 6.45. The predicted molar refractivity (Wildman–Crippen MR) is 72.5 cm³/mol. The van der Waals surface area contributed by atoms with Crippen LogP contribution in [-0.2, 0) is 11.3 Å². The fourth-order valence-corrected chi connectivity index (χ4v) is 2.38. The van der Waals surface area contributed by atoms with E-state index >= 15 is 0 Å².